The van der Waals surface area contributed by atoms with Gasteiger partial charge in [-0.3, -0.25) is 4.57 Å². The molecule has 1 aromatic heterocycles. The summed E-state index contributed by atoms with van der Waals surface area (Å²) in [6.45, 7) is 1.87. The molecule has 1 heterocycles. The molecule has 2 N–H and O–H groups in total. The van der Waals surface area contributed by atoms with Gasteiger partial charge in [-0.05, 0) is 36.8 Å². The quantitative estimate of drug-likeness (QED) is 0.748. The maximum Gasteiger partial charge on any atom is 0.337 e. The van der Waals surface area contributed by atoms with Crippen LogP contribution < -0.4 is 5.69 Å². The van der Waals surface area contributed by atoms with Crippen LogP contribution >= 0.6 is 15.9 Å². The van der Waals surface area contributed by atoms with Crippen molar-refractivity contribution in [3.63, 3.8) is 0 Å². The van der Waals surface area contributed by atoms with Crippen LogP contribution in [0.1, 0.15) is 15.9 Å². The molecule has 0 spiro atoms. The predicted molar refractivity (Wildman–Crippen MR) is 83.3 cm³/mol. The van der Waals surface area contributed by atoms with E-state index in [2.05, 4.69) is 20.9 Å². The SMILES string of the molecule is Cc1c(Br)cccc1-n1c(=O)[nH]c2cccc(C(=O)O)c21. The van der Waals surface area contributed by atoms with Crippen molar-refractivity contribution in [1.82, 2.24) is 9.55 Å². The molecule has 0 aliphatic carbocycles. The predicted octanol–water partition coefficient (Wildman–Crippen LogP) is 3.09. The zero-order chi connectivity index (χ0) is 15.1. The van der Waals surface area contributed by atoms with Gasteiger partial charge in [-0.1, -0.05) is 28.1 Å². The highest BCUT2D eigenvalue weighted by atomic mass is 79.9. The van der Waals surface area contributed by atoms with Gasteiger partial charge < -0.3 is 10.1 Å². The van der Waals surface area contributed by atoms with Crippen molar-refractivity contribution in [2.75, 3.05) is 0 Å². The van der Waals surface area contributed by atoms with Crippen LogP contribution in [0.2, 0.25) is 0 Å². The van der Waals surface area contributed by atoms with E-state index in [4.69, 9.17) is 0 Å². The van der Waals surface area contributed by atoms with Crippen LogP contribution in [-0.2, 0) is 0 Å². The van der Waals surface area contributed by atoms with Crippen LogP contribution in [-0.4, -0.2) is 20.6 Å². The molecule has 0 amide bonds. The molecule has 5 nitrogen and oxygen atoms in total. The molecule has 6 heteroatoms. The third-order valence-electron chi connectivity index (χ3n) is 3.41. The molecule has 0 unspecified atom stereocenters. The topological polar surface area (TPSA) is 75.1 Å². The molecule has 2 aromatic carbocycles. The Hall–Kier alpha value is -2.34. The number of rotatable bonds is 2. The molecule has 3 aromatic rings. The van der Waals surface area contributed by atoms with Gasteiger partial charge in [-0.15, -0.1) is 0 Å². The van der Waals surface area contributed by atoms with Crippen LogP contribution in [0.15, 0.2) is 45.7 Å². The van der Waals surface area contributed by atoms with E-state index in [0.717, 1.165) is 10.0 Å². The fourth-order valence-electron chi connectivity index (χ4n) is 2.40. The second kappa shape index (κ2) is 4.89. The monoisotopic (exact) mass is 346 g/mol. The number of carboxylic acids is 1. The molecule has 0 fully saturated rings. The number of aromatic amines is 1. The average Bonchev–Trinajstić information content (AvgIpc) is 2.77. The Bertz CT molecular complexity index is 924. The Morgan fingerprint density at radius 2 is 1.95 bits per heavy atom. The summed E-state index contributed by atoms with van der Waals surface area (Å²) in [7, 11) is 0. The number of aromatic nitrogens is 2. The average molecular weight is 347 g/mol. The van der Waals surface area contributed by atoms with Crippen molar-refractivity contribution in [2.45, 2.75) is 6.92 Å². The van der Waals surface area contributed by atoms with Crippen molar-refractivity contribution in [1.29, 1.82) is 0 Å². The van der Waals surface area contributed by atoms with Gasteiger partial charge >= 0.3 is 11.7 Å². The van der Waals surface area contributed by atoms with Crippen LogP contribution in [0.25, 0.3) is 16.7 Å². The largest absolute Gasteiger partial charge is 0.478 e. The minimum atomic E-state index is -1.07. The number of hydrogen-bond acceptors (Lipinski definition) is 2. The van der Waals surface area contributed by atoms with Crippen molar-refractivity contribution in [3.05, 3.63) is 62.5 Å². The number of nitrogens with zero attached hydrogens (tertiary/aromatic N) is 1. The maximum atomic E-state index is 12.3. The number of fused-ring (bicyclic) bond motifs is 1. The molecule has 0 saturated heterocycles. The number of para-hydroxylation sites is 1. The lowest BCUT2D eigenvalue weighted by atomic mass is 10.1. The van der Waals surface area contributed by atoms with Crippen LogP contribution in [0.4, 0.5) is 0 Å². The Morgan fingerprint density at radius 3 is 2.67 bits per heavy atom. The zero-order valence-electron chi connectivity index (χ0n) is 11.1. The number of imidazole rings is 1. The third-order valence-corrected chi connectivity index (χ3v) is 4.27. The third kappa shape index (κ3) is 2.08. The van der Waals surface area contributed by atoms with E-state index in [-0.39, 0.29) is 11.3 Å². The van der Waals surface area contributed by atoms with Gasteiger partial charge in [0.2, 0.25) is 0 Å². The number of aromatic carboxylic acids is 1. The molecular weight excluding hydrogens is 336 g/mol. The highest BCUT2D eigenvalue weighted by molar-refractivity contribution is 9.10. The van der Waals surface area contributed by atoms with Crippen molar-refractivity contribution in [3.8, 4) is 5.69 Å². The lowest BCUT2D eigenvalue weighted by molar-refractivity contribution is 0.0698. The van der Waals surface area contributed by atoms with Gasteiger partial charge in [-0.2, -0.15) is 0 Å². The first-order valence-corrected chi connectivity index (χ1v) is 7.02. The fourth-order valence-corrected chi connectivity index (χ4v) is 2.75. The summed E-state index contributed by atoms with van der Waals surface area (Å²) in [5.41, 5.74) is 2.11. The van der Waals surface area contributed by atoms with Gasteiger partial charge in [0.05, 0.1) is 22.3 Å². The summed E-state index contributed by atoms with van der Waals surface area (Å²) >= 11 is 3.43. The first-order valence-electron chi connectivity index (χ1n) is 6.23. The summed E-state index contributed by atoms with van der Waals surface area (Å²) in [6, 6.07) is 10.2. The Morgan fingerprint density at radius 1 is 1.24 bits per heavy atom. The van der Waals surface area contributed by atoms with Gasteiger partial charge in [-0.25, -0.2) is 9.59 Å². The van der Waals surface area contributed by atoms with E-state index in [1.54, 1.807) is 24.3 Å². The lowest BCUT2D eigenvalue weighted by Gasteiger charge is -2.10. The summed E-state index contributed by atoms with van der Waals surface area (Å²) < 4.78 is 2.26. The summed E-state index contributed by atoms with van der Waals surface area (Å²) in [4.78, 5) is 26.4. The van der Waals surface area contributed by atoms with E-state index >= 15 is 0 Å². The number of carboxylic acid groups (broad SMARTS) is 1. The molecule has 0 aliphatic rings. The second-order valence-electron chi connectivity index (χ2n) is 4.66. The first kappa shape index (κ1) is 13.6. The Kier molecular flexibility index (Phi) is 3.17. The van der Waals surface area contributed by atoms with Crippen LogP contribution in [0.3, 0.4) is 0 Å². The highest BCUT2D eigenvalue weighted by Crippen LogP contribution is 2.26. The summed E-state index contributed by atoms with van der Waals surface area (Å²) in [5, 5.41) is 9.35. The number of nitrogens with one attached hydrogen (secondary N) is 1. The number of hydrogen-bond donors (Lipinski definition) is 2. The standard InChI is InChI=1S/C15H11BrN2O3/c1-8-10(16)5-3-7-12(8)18-13-9(14(19)20)4-2-6-11(13)17-15(18)21/h2-7H,1H3,(H,17,21)(H,19,20). The summed E-state index contributed by atoms with van der Waals surface area (Å²) in [6.07, 6.45) is 0. The molecule has 21 heavy (non-hydrogen) atoms. The normalized spacial score (nSPS) is 11.0. The van der Waals surface area contributed by atoms with Crippen LogP contribution in [0.5, 0.6) is 0 Å². The molecule has 0 saturated carbocycles. The number of halogens is 1. The van der Waals surface area contributed by atoms with Crippen LogP contribution in [0, 0.1) is 6.92 Å². The van der Waals surface area contributed by atoms with E-state index < -0.39 is 5.97 Å². The van der Waals surface area contributed by atoms with E-state index in [1.165, 1.54) is 10.6 Å². The highest BCUT2D eigenvalue weighted by Gasteiger charge is 2.18. The zero-order valence-corrected chi connectivity index (χ0v) is 12.6. The maximum absolute atomic E-state index is 12.3. The van der Waals surface area contributed by atoms with Crippen molar-refractivity contribution < 1.29 is 9.90 Å². The van der Waals surface area contributed by atoms with E-state index in [9.17, 15) is 14.7 Å². The Balaban J connectivity index is 2.48. The van der Waals surface area contributed by atoms with Gasteiger partial charge in [0, 0.05) is 4.47 Å². The molecule has 106 valence electrons. The number of carbonyl (C=O) groups is 1. The second-order valence-corrected chi connectivity index (χ2v) is 5.51. The number of H-pyrrole nitrogens is 1. The fraction of sp³-hybridized carbons (Fsp3) is 0.0667. The first-order chi connectivity index (χ1) is 10.0. The van der Waals surface area contributed by atoms with Crippen molar-refractivity contribution in [2.24, 2.45) is 0 Å². The Labute approximate surface area is 128 Å². The minimum absolute atomic E-state index is 0.0882. The molecular formula is C15H11BrN2O3. The molecule has 0 bridgehead atoms. The van der Waals surface area contributed by atoms with E-state index in [0.29, 0.717) is 16.7 Å². The van der Waals surface area contributed by atoms with Gasteiger partial charge in [0.1, 0.15) is 0 Å². The van der Waals surface area contributed by atoms with Gasteiger partial charge in [0.25, 0.3) is 0 Å². The lowest BCUT2D eigenvalue weighted by Crippen LogP contribution is -2.16. The minimum Gasteiger partial charge on any atom is -0.478 e. The number of benzene rings is 2. The molecule has 0 radical (unpaired) electrons. The summed E-state index contributed by atoms with van der Waals surface area (Å²) in [5.74, 6) is -1.07. The van der Waals surface area contributed by atoms with Gasteiger partial charge in [0.15, 0.2) is 0 Å². The molecule has 0 atom stereocenters. The molecule has 3 rings (SSSR count). The molecule has 0 aliphatic heterocycles. The smallest absolute Gasteiger partial charge is 0.337 e. The van der Waals surface area contributed by atoms with E-state index in [1.807, 2.05) is 13.0 Å². The van der Waals surface area contributed by atoms with Crippen molar-refractivity contribution >= 4 is 32.9 Å².